The number of esters is 2. The maximum atomic E-state index is 10.7. The highest BCUT2D eigenvalue weighted by Crippen LogP contribution is 1.94. The van der Waals surface area contributed by atoms with E-state index in [1.54, 1.807) is 0 Å². The quantitative estimate of drug-likeness (QED) is 0.383. The largest absolute Gasteiger partial charge is 0.393 e. The summed E-state index contributed by atoms with van der Waals surface area (Å²) in [6.45, 7) is 1.02. The van der Waals surface area contributed by atoms with Gasteiger partial charge in [-0.25, -0.2) is 8.42 Å². The van der Waals surface area contributed by atoms with Crippen LogP contribution in [0.5, 0.6) is 0 Å². The van der Waals surface area contributed by atoms with Gasteiger partial charge < -0.3 is 4.74 Å². The molecule has 0 atom stereocenters. The molecule has 0 aliphatic rings. The van der Waals surface area contributed by atoms with Crippen LogP contribution >= 0.6 is 12.6 Å². The minimum atomic E-state index is -3.53. The smallest absolute Gasteiger partial charge is 0.328 e. The van der Waals surface area contributed by atoms with Crippen molar-refractivity contribution in [2.75, 3.05) is 10.8 Å². The lowest BCUT2D eigenvalue weighted by atomic mass is 10.7. The molecule has 70 valence electrons. The molecule has 0 fully saturated rings. The molecule has 0 saturated heterocycles. The van der Waals surface area contributed by atoms with E-state index in [1.165, 1.54) is 0 Å². The van der Waals surface area contributed by atoms with Crippen LogP contribution in [0.2, 0.25) is 0 Å². The molecular formula is C5H8O5S2. The molecule has 7 heteroatoms. The Morgan fingerprint density at radius 1 is 1.42 bits per heavy atom. The van der Waals surface area contributed by atoms with E-state index >= 15 is 0 Å². The van der Waals surface area contributed by atoms with Gasteiger partial charge in [0.25, 0.3) is 0 Å². The highest BCUT2D eigenvalue weighted by atomic mass is 32.2. The van der Waals surface area contributed by atoms with Crippen LogP contribution in [0.25, 0.3) is 0 Å². The Hall–Kier alpha value is -0.560. The lowest BCUT2D eigenvalue weighted by molar-refractivity contribution is -0.156. The Kier molecular flexibility index (Phi) is 4.25. The Morgan fingerprint density at radius 3 is 2.25 bits per heavy atom. The number of ether oxygens (including phenoxy) is 1. The second-order valence-corrected chi connectivity index (χ2v) is 4.79. The average Bonchev–Trinajstić information content (AvgIpc) is 1.84. The number of carbonyl (C=O) groups is 2. The van der Waals surface area contributed by atoms with E-state index in [2.05, 4.69) is 17.4 Å². The van der Waals surface area contributed by atoms with Gasteiger partial charge in [-0.05, 0) is 0 Å². The standard InChI is InChI=1S/C5H8O5S2/c1-4(6)10-5(7)2-12(8,9)3-11/h11H,2-3H2,1H3. The van der Waals surface area contributed by atoms with E-state index in [0.29, 0.717) is 0 Å². The minimum absolute atomic E-state index is 0.444. The van der Waals surface area contributed by atoms with E-state index < -0.39 is 32.6 Å². The third-order valence-corrected chi connectivity index (χ3v) is 3.04. The van der Waals surface area contributed by atoms with Gasteiger partial charge in [0, 0.05) is 6.92 Å². The van der Waals surface area contributed by atoms with Gasteiger partial charge in [0.05, 0.1) is 5.08 Å². The Labute approximate surface area is 75.4 Å². The maximum Gasteiger partial charge on any atom is 0.328 e. The topological polar surface area (TPSA) is 77.5 Å². The summed E-state index contributed by atoms with van der Waals surface area (Å²) in [5, 5.41) is -0.444. The molecule has 0 heterocycles. The van der Waals surface area contributed by atoms with Crippen LogP contribution in [0.4, 0.5) is 0 Å². The summed E-state index contributed by atoms with van der Waals surface area (Å²) in [6, 6.07) is 0. The zero-order chi connectivity index (χ0) is 9.78. The van der Waals surface area contributed by atoms with Crippen LogP contribution in [-0.4, -0.2) is 31.2 Å². The van der Waals surface area contributed by atoms with Crippen molar-refractivity contribution >= 4 is 34.4 Å². The Balaban J connectivity index is 4.11. The fourth-order valence-corrected chi connectivity index (χ4v) is 1.20. The number of hydrogen-bond acceptors (Lipinski definition) is 6. The second-order valence-electron chi connectivity index (χ2n) is 1.98. The maximum absolute atomic E-state index is 10.7. The van der Waals surface area contributed by atoms with Crippen LogP contribution in [0.15, 0.2) is 0 Å². The van der Waals surface area contributed by atoms with Gasteiger partial charge in [0.15, 0.2) is 9.84 Å². The van der Waals surface area contributed by atoms with Crippen LogP contribution in [0.3, 0.4) is 0 Å². The fourth-order valence-electron chi connectivity index (χ4n) is 0.415. The van der Waals surface area contributed by atoms with Gasteiger partial charge in [-0.3, -0.25) is 9.59 Å². The van der Waals surface area contributed by atoms with E-state index in [4.69, 9.17) is 0 Å². The highest BCUT2D eigenvalue weighted by molar-refractivity contribution is 8.04. The van der Waals surface area contributed by atoms with E-state index in [1.807, 2.05) is 0 Å². The van der Waals surface area contributed by atoms with E-state index in [-0.39, 0.29) is 0 Å². The number of carbonyl (C=O) groups excluding carboxylic acids is 2. The molecule has 0 aromatic rings. The summed E-state index contributed by atoms with van der Waals surface area (Å²) in [5.74, 6) is -2.71. The summed E-state index contributed by atoms with van der Waals surface area (Å²) in [6.07, 6.45) is 0. The summed E-state index contributed by atoms with van der Waals surface area (Å²) >= 11 is 3.49. The van der Waals surface area contributed by atoms with E-state index in [9.17, 15) is 18.0 Å². The molecule has 0 aliphatic carbocycles. The highest BCUT2D eigenvalue weighted by Gasteiger charge is 2.16. The molecule has 5 nitrogen and oxygen atoms in total. The monoisotopic (exact) mass is 212 g/mol. The molecule has 0 N–H and O–H groups in total. The molecule has 12 heavy (non-hydrogen) atoms. The van der Waals surface area contributed by atoms with Crippen molar-refractivity contribution < 1.29 is 22.7 Å². The molecule has 0 aromatic carbocycles. The lowest BCUT2D eigenvalue weighted by Gasteiger charge is -1.98. The molecule has 0 aromatic heterocycles. The fraction of sp³-hybridized carbons (Fsp3) is 0.600. The van der Waals surface area contributed by atoms with Crippen LogP contribution in [-0.2, 0) is 24.2 Å². The molecule has 0 saturated carbocycles. The summed E-state index contributed by atoms with van der Waals surface area (Å²) in [5.41, 5.74) is 0. The predicted molar refractivity (Wildman–Crippen MR) is 44.4 cm³/mol. The molecule has 0 amide bonds. The first kappa shape index (κ1) is 11.4. The third kappa shape index (κ3) is 5.14. The third-order valence-electron chi connectivity index (χ3n) is 0.792. The Morgan fingerprint density at radius 2 is 1.92 bits per heavy atom. The average molecular weight is 212 g/mol. The zero-order valence-electron chi connectivity index (χ0n) is 6.31. The number of sulfone groups is 1. The van der Waals surface area contributed by atoms with E-state index in [0.717, 1.165) is 6.92 Å². The van der Waals surface area contributed by atoms with Gasteiger partial charge in [-0.2, -0.15) is 12.6 Å². The van der Waals surface area contributed by atoms with Crippen molar-refractivity contribution in [3.05, 3.63) is 0 Å². The summed E-state index contributed by atoms with van der Waals surface area (Å²) < 4.78 is 25.4. The first-order chi connectivity index (χ1) is 5.37. The van der Waals surface area contributed by atoms with Crippen molar-refractivity contribution in [2.24, 2.45) is 0 Å². The van der Waals surface area contributed by atoms with Crippen LogP contribution in [0.1, 0.15) is 6.92 Å². The van der Waals surface area contributed by atoms with Crippen LogP contribution in [0, 0.1) is 0 Å². The van der Waals surface area contributed by atoms with Gasteiger partial charge in [0.2, 0.25) is 0 Å². The van der Waals surface area contributed by atoms with Gasteiger partial charge >= 0.3 is 11.9 Å². The number of rotatable bonds is 3. The number of hydrogen-bond donors (Lipinski definition) is 1. The van der Waals surface area contributed by atoms with Gasteiger partial charge in [-0.15, -0.1) is 0 Å². The SMILES string of the molecule is CC(=O)OC(=O)CS(=O)(=O)CS. The van der Waals surface area contributed by atoms with Gasteiger partial charge in [0.1, 0.15) is 5.75 Å². The second kappa shape index (κ2) is 4.46. The molecule has 0 bridgehead atoms. The zero-order valence-corrected chi connectivity index (χ0v) is 8.02. The lowest BCUT2D eigenvalue weighted by Crippen LogP contribution is -2.20. The van der Waals surface area contributed by atoms with Crippen molar-refractivity contribution in [2.45, 2.75) is 6.92 Å². The summed E-state index contributed by atoms with van der Waals surface area (Å²) in [4.78, 5) is 20.7. The molecule has 0 radical (unpaired) electrons. The van der Waals surface area contributed by atoms with Crippen molar-refractivity contribution in [1.29, 1.82) is 0 Å². The van der Waals surface area contributed by atoms with Gasteiger partial charge in [-0.1, -0.05) is 0 Å². The van der Waals surface area contributed by atoms with Crippen molar-refractivity contribution in [3.8, 4) is 0 Å². The first-order valence-corrected chi connectivity index (χ1v) is 5.35. The normalized spacial score (nSPS) is 10.8. The molecule has 0 rings (SSSR count). The molecule has 0 aliphatic heterocycles. The molecule has 0 unspecified atom stereocenters. The predicted octanol–water partition coefficient (Wildman–Crippen LogP) is -0.622. The van der Waals surface area contributed by atoms with Crippen molar-refractivity contribution in [1.82, 2.24) is 0 Å². The molecule has 0 spiro atoms. The minimum Gasteiger partial charge on any atom is -0.393 e. The Bertz CT molecular complexity index is 278. The van der Waals surface area contributed by atoms with Crippen molar-refractivity contribution in [3.63, 3.8) is 0 Å². The summed E-state index contributed by atoms with van der Waals surface area (Å²) in [7, 11) is -3.53. The van der Waals surface area contributed by atoms with Crippen LogP contribution < -0.4 is 0 Å². The number of thiol groups is 1. The first-order valence-electron chi connectivity index (χ1n) is 2.90. The molecular weight excluding hydrogens is 204 g/mol.